The van der Waals surface area contributed by atoms with Crippen molar-refractivity contribution in [3.05, 3.63) is 11.9 Å². The van der Waals surface area contributed by atoms with Crippen LogP contribution in [0.1, 0.15) is 65.9 Å². The lowest BCUT2D eigenvalue weighted by Gasteiger charge is -2.31. The summed E-state index contributed by atoms with van der Waals surface area (Å²) in [5.41, 5.74) is 1.24. The van der Waals surface area contributed by atoms with Crippen LogP contribution in [0.3, 0.4) is 0 Å². The fourth-order valence-corrected chi connectivity index (χ4v) is 2.38. The number of anilines is 2. The van der Waals surface area contributed by atoms with E-state index in [0.717, 1.165) is 37.6 Å². The highest BCUT2D eigenvalue weighted by molar-refractivity contribution is 5.60. The van der Waals surface area contributed by atoms with Crippen LogP contribution in [0.15, 0.2) is 6.33 Å². The minimum atomic E-state index is 0.406. The van der Waals surface area contributed by atoms with Gasteiger partial charge in [-0.1, -0.05) is 27.7 Å². The molecule has 0 bridgehead atoms. The average Bonchev–Trinajstić information content (AvgIpc) is 2.41. The Kier molecular flexibility index (Phi) is 6.76. The zero-order chi connectivity index (χ0) is 15.1. The molecule has 0 radical (unpaired) electrons. The zero-order valence-corrected chi connectivity index (χ0v) is 13.9. The quantitative estimate of drug-likeness (QED) is 0.779. The van der Waals surface area contributed by atoms with Crippen LogP contribution in [0.5, 0.6) is 0 Å². The Morgan fingerprint density at radius 1 is 1.10 bits per heavy atom. The highest BCUT2D eigenvalue weighted by Gasteiger charge is 2.20. The van der Waals surface area contributed by atoms with E-state index < -0.39 is 0 Å². The first kappa shape index (κ1) is 16.7. The molecule has 1 N–H and O–H groups in total. The van der Waals surface area contributed by atoms with E-state index in [9.17, 15) is 0 Å². The van der Waals surface area contributed by atoms with Crippen molar-refractivity contribution in [3.63, 3.8) is 0 Å². The summed E-state index contributed by atoms with van der Waals surface area (Å²) in [5, 5.41) is 3.44. The second-order valence-corrected chi connectivity index (χ2v) is 5.83. The van der Waals surface area contributed by atoms with Crippen molar-refractivity contribution in [2.75, 3.05) is 23.3 Å². The molecule has 0 spiro atoms. The van der Waals surface area contributed by atoms with Crippen LogP contribution in [-0.2, 0) is 0 Å². The van der Waals surface area contributed by atoms with Gasteiger partial charge < -0.3 is 10.2 Å². The highest BCUT2D eigenvalue weighted by atomic mass is 15.2. The molecule has 114 valence electrons. The lowest BCUT2D eigenvalue weighted by Crippen LogP contribution is -2.33. The Labute approximate surface area is 124 Å². The summed E-state index contributed by atoms with van der Waals surface area (Å²) in [5.74, 6) is 2.49. The van der Waals surface area contributed by atoms with E-state index in [1.54, 1.807) is 6.33 Å². The lowest BCUT2D eigenvalue weighted by atomic mass is 10.0. The monoisotopic (exact) mass is 278 g/mol. The van der Waals surface area contributed by atoms with Crippen molar-refractivity contribution < 1.29 is 0 Å². The summed E-state index contributed by atoms with van der Waals surface area (Å²) < 4.78 is 0. The van der Waals surface area contributed by atoms with Crippen LogP contribution >= 0.6 is 0 Å². The van der Waals surface area contributed by atoms with E-state index >= 15 is 0 Å². The Balaban J connectivity index is 3.22. The van der Waals surface area contributed by atoms with Gasteiger partial charge in [0, 0.05) is 24.7 Å². The third kappa shape index (κ3) is 4.09. The highest BCUT2D eigenvalue weighted by Crippen LogP contribution is 2.31. The summed E-state index contributed by atoms with van der Waals surface area (Å²) in [7, 11) is 0. The largest absolute Gasteiger partial charge is 0.370 e. The number of rotatable bonds is 8. The van der Waals surface area contributed by atoms with Crippen LogP contribution in [-0.4, -0.2) is 29.1 Å². The summed E-state index contributed by atoms with van der Waals surface area (Å²) in [6, 6.07) is 0.446. The smallest absolute Gasteiger partial charge is 0.137 e. The molecule has 0 aliphatic carbocycles. The Morgan fingerprint density at radius 2 is 1.80 bits per heavy atom. The fraction of sp³-hybridized carbons (Fsp3) is 0.750. The summed E-state index contributed by atoms with van der Waals surface area (Å²) in [6.45, 7) is 15.2. The number of nitrogens with zero attached hydrogens (tertiary/aromatic N) is 3. The Bertz CT molecular complexity index is 401. The second kappa shape index (κ2) is 8.08. The maximum atomic E-state index is 4.58. The van der Waals surface area contributed by atoms with Crippen molar-refractivity contribution in [1.29, 1.82) is 0 Å². The van der Waals surface area contributed by atoms with E-state index in [1.165, 1.54) is 5.56 Å². The van der Waals surface area contributed by atoms with Gasteiger partial charge in [-0.25, -0.2) is 9.97 Å². The van der Waals surface area contributed by atoms with Gasteiger partial charge in [-0.3, -0.25) is 0 Å². The van der Waals surface area contributed by atoms with Crippen LogP contribution < -0.4 is 10.2 Å². The summed E-state index contributed by atoms with van der Waals surface area (Å²) in [4.78, 5) is 11.4. The molecule has 4 heteroatoms. The van der Waals surface area contributed by atoms with Gasteiger partial charge in [-0.2, -0.15) is 0 Å². The topological polar surface area (TPSA) is 41.1 Å². The molecule has 1 heterocycles. The van der Waals surface area contributed by atoms with Gasteiger partial charge in [0.05, 0.1) is 0 Å². The van der Waals surface area contributed by atoms with E-state index in [0.29, 0.717) is 12.0 Å². The minimum Gasteiger partial charge on any atom is -0.370 e. The molecule has 0 aliphatic rings. The molecule has 0 fully saturated rings. The number of aromatic nitrogens is 2. The minimum absolute atomic E-state index is 0.406. The molecule has 1 aromatic heterocycles. The van der Waals surface area contributed by atoms with E-state index in [1.807, 2.05) is 0 Å². The molecule has 0 atom stereocenters. The molecule has 0 aromatic carbocycles. The molecule has 20 heavy (non-hydrogen) atoms. The predicted molar refractivity (Wildman–Crippen MR) is 87.7 cm³/mol. The average molecular weight is 278 g/mol. The second-order valence-electron chi connectivity index (χ2n) is 5.83. The number of nitrogens with one attached hydrogen (secondary N) is 1. The first-order valence-corrected chi connectivity index (χ1v) is 7.88. The van der Waals surface area contributed by atoms with Gasteiger partial charge in [-0.05, 0) is 32.6 Å². The molecule has 4 nitrogen and oxygen atoms in total. The van der Waals surface area contributed by atoms with Crippen LogP contribution in [0, 0.1) is 0 Å². The first-order chi connectivity index (χ1) is 9.52. The summed E-state index contributed by atoms with van der Waals surface area (Å²) in [6.07, 6.45) is 3.90. The molecular weight excluding hydrogens is 248 g/mol. The number of hydrogen-bond donors (Lipinski definition) is 1. The normalized spacial score (nSPS) is 11.2. The molecule has 1 rings (SSSR count). The van der Waals surface area contributed by atoms with Gasteiger partial charge in [0.2, 0.25) is 0 Å². The van der Waals surface area contributed by atoms with Crippen LogP contribution in [0.2, 0.25) is 0 Å². The fourth-order valence-electron chi connectivity index (χ4n) is 2.38. The Morgan fingerprint density at radius 3 is 2.30 bits per heavy atom. The van der Waals surface area contributed by atoms with Crippen molar-refractivity contribution in [3.8, 4) is 0 Å². The molecule has 1 aromatic rings. The molecular formula is C16H30N4. The van der Waals surface area contributed by atoms with Crippen molar-refractivity contribution in [2.24, 2.45) is 0 Å². The van der Waals surface area contributed by atoms with Gasteiger partial charge in [0.15, 0.2) is 0 Å². The van der Waals surface area contributed by atoms with Crippen LogP contribution in [0.4, 0.5) is 11.6 Å². The van der Waals surface area contributed by atoms with E-state index in [2.05, 4.69) is 61.7 Å². The standard InChI is InChI=1S/C16H30N4/c1-7-9-17-15-14(12(3)4)16(19-11-18-15)20(10-8-2)13(5)6/h11-13H,7-10H2,1-6H3,(H,17,18,19). The van der Waals surface area contributed by atoms with Gasteiger partial charge >= 0.3 is 0 Å². The van der Waals surface area contributed by atoms with Crippen molar-refractivity contribution in [2.45, 2.75) is 66.3 Å². The Hall–Kier alpha value is -1.32. The van der Waals surface area contributed by atoms with Gasteiger partial charge in [-0.15, -0.1) is 0 Å². The van der Waals surface area contributed by atoms with Crippen LogP contribution in [0.25, 0.3) is 0 Å². The number of hydrogen-bond acceptors (Lipinski definition) is 4. The first-order valence-electron chi connectivity index (χ1n) is 7.88. The maximum absolute atomic E-state index is 4.58. The SMILES string of the molecule is CCCNc1ncnc(N(CCC)C(C)C)c1C(C)C. The third-order valence-corrected chi connectivity index (χ3v) is 3.34. The van der Waals surface area contributed by atoms with Crippen molar-refractivity contribution >= 4 is 11.6 Å². The molecule has 0 saturated heterocycles. The molecule has 0 amide bonds. The van der Waals surface area contributed by atoms with E-state index in [-0.39, 0.29) is 0 Å². The van der Waals surface area contributed by atoms with Gasteiger partial charge in [0.1, 0.15) is 18.0 Å². The molecule has 0 saturated carbocycles. The maximum Gasteiger partial charge on any atom is 0.137 e. The zero-order valence-electron chi connectivity index (χ0n) is 13.9. The third-order valence-electron chi connectivity index (χ3n) is 3.34. The van der Waals surface area contributed by atoms with E-state index in [4.69, 9.17) is 0 Å². The molecule has 0 unspecified atom stereocenters. The lowest BCUT2D eigenvalue weighted by molar-refractivity contribution is 0.652. The van der Waals surface area contributed by atoms with Gasteiger partial charge in [0.25, 0.3) is 0 Å². The van der Waals surface area contributed by atoms with Crippen molar-refractivity contribution in [1.82, 2.24) is 9.97 Å². The molecule has 0 aliphatic heterocycles. The predicted octanol–water partition coefficient (Wildman–Crippen LogP) is 4.05. The summed E-state index contributed by atoms with van der Waals surface area (Å²) >= 11 is 0.